The minimum atomic E-state index is -3.63. The Morgan fingerprint density at radius 2 is 1.77 bits per heavy atom. The van der Waals surface area contributed by atoms with Crippen molar-refractivity contribution in [3.63, 3.8) is 0 Å². The van der Waals surface area contributed by atoms with Crippen molar-refractivity contribution in [3.05, 3.63) is 35.4 Å². The Hall–Kier alpha value is -1.40. The lowest BCUT2D eigenvalue weighted by atomic mass is 10.1. The molecule has 0 saturated carbocycles. The standard InChI is InChI=1S/C15H23NO4S.CH4/c1-5-6-12-7-9-13(10-8-12)14(17)16-15(2,3)11-21(18,19)20-4;/h7-10H,5-6,11H2,1-4H3,(H,16,17);1H4. The lowest BCUT2D eigenvalue weighted by Crippen LogP contribution is -2.48. The van der Waals surface area contributed by atoms with Crippen LogP contribution in [-0.4, -0.2) is 32.7 Å². The van der Waals surface area contributed by atoms with Crippen LogP contribution in [0.2, 0.25) is 0 Å². The van der Waals surface area contributed by atoms with Gasteiger partial charge in [-0.3, -0.25) is 8.98 Å². The van der Waals surface area contributed by atoms with Gasteiger partial charge in [0.25, 0.3) is 16.0 Å². The highest BCUT2D eigenvalue weighted by molar-refractivity contribution is 7.86. The van der Waals surface area contributed by atoms with Crippen LogP contribution in [0.25, 0.3) is 0 Å². The van der Waals surface area contributed by atoms with Crippen LogP contribution in [0.1, 0.15) is 50.5 Å². The Morgan fingerprint density at radius 1 is 1.23 bits per heavy atom. The summed E-state index contributed by atoms with van der Waals surface area (Å²) in [6, 6.07) is 7.33. The number of hydrogen-bond acceptors (Lipinski definition) is 4. The molecule has 1 amide bonds. The quantitative estimate of drug-likeness (QED) is 0.781. The molecule has 0 atom stereocenters. The lowest BCUT2D eigenvalue weighted by Gasteiger charge is -2.25. The molecule has 1 rings (SSSR count). The third-order valence-corrected chi connectivity index (χ3v) is 4.58. The van der Waals surface area contributed by atoms with Gasteiger partial charge in [-0.2, -0.15) is 8.42 Å². The monoisotopic (exact) mass is 329 g/mol. The fourth-order valence-electron chi connectivity index (χ4n) is 2.03. The van der Waals surface area contributed by atoms with Gasteiger partial charge in [-0.25, -0.2) is 0 Å². The van der Waals surface area contributed by atoms with Gasteiger partial charge in [0, 0.05) is 5.56 Å². The molecule has 0 heterocycles. The highest BCUT2D eigenvalue weighted by Crippen LogP contribution is 2.11. The van der Waals surface area contributed by atoms with Crippen LogP contribution in [0, 0.1) is 0 Å². The molecule has 5 nitrogen and oxygen atoms in total. The Labute approximate surface area is 134 Å². The summed E-state index contributed by atoms with van der Waals surface area (Å²) in [6.45, 7) is 5.39. The minimum absolute atomic E-state index is 0. The highest BCUT2D eigenvalue weighted by Gasteiger charge is 2.28. The van der Waals surface area contributed by atoms with Gasteiger partial charge in [0.15, 0.2) is 0 Å². The van der Waals surface area contributed by atoms with E-state index >= 15 is 0 Å². The largest absolute Gasteiger partial charge is 0.346 e. The minimum Gasteiger partial charge on any atom is -0.346 e. The van der Waals surface area contributed by atoms with E-state index in [0.29, 0.717) is 5.56 Å². The van der Waals surface area contributed by atoms with E-state index in [4.69, 9.17) is 0 Å². The van der Waals surface area contributed by atoms with E-state index in [1.807, 2.05) is 12.1 Å². The van der Waals surface area contributed by atoms with E-state index < -0.39 is 15.7 Å². The molecule has 0 aliphatic rings. The second kappa shape index (κ2) is 8.29. The fourth-order valence-corrected chi connectivity index (χ4v) is 3.10. The number of nitrogens with one attached hydrogen (secondary N) is 1. The van der Waals surface area contributed by atoms with Gasteiger partial charge < -0.3 is 5.32 Å². The summed E-state index contributed by atoms with van der Waals surface area (Å²) in [5.74, 6) is -0.578. The van der Waals surface area contributed by atoms with Crippen LogP contribution < -0.4 is 5.32 Å². The van der Waals surface area contributed by atoms with Gasteiger partial charge in [0.05, 0.1) is 18.4 Å². The van der Waals surface area contributed by atoms with Crippen molar-refractivity contribution in [2.24, 2.45) is 0 Å². The van der Waals surface area contributed by atoms with Gasteiger partial charge in [0.1, 0.15) is 0 Å². The van der Waals surface area contributed by atoms with Crippen molar-refractivity contribution in [2.45, 2.75) is 46.6 Å². The first-order valence-corrected chi connectivity index (χ1v) is 8.46. The predicted molar refractivity (Wildman–Crippen MR) is 89.5 cm³/mol. The first-order valence-electron chi connectivity index (χ1n) is 6.89. The molecule has 0 aromatic heterocycles. The van der Waals surface area contributed by atoms with E-state index in [1.54, 1.807) is 26.0 Å². The number of aryl methyl sites for hydroxylation is 1. The molecular weight excluding hydrogens is 302 g/mol. The van der Waals surface area contributed by atoms with Crippen molar-refractivity contribution in [3.8, 4) is 0 Å². The average molecular weight is 329 g/mol. The van der Waals surface area contributed by atoms with Crippen molar-refractivity contribution in [2.75, 3.05) is 12.9 Å². The van der Waals surface area contributed by atoms with Gasteiger partial charge in [-0.1, -0.05) is 32.9 Å². The molecule has 0 bridgehead atoms. The fraction of sp³-hybridized carbons (Fsp3) is 0.562. The van der Waals surface area contributed by atoms with Crippen molar-refractivity contribution < 1.29 is 17.4 Å². The van der Waals surface area contributed by atoms with E-state index in [2.05, 4.69) is 16.4 Å². The first kappa shape index (κ1) is 20.6. The Balaban J connectivity index is 0.00000441. The van der Waals surface area contributed by atoms with Gasteiger partial charge in [-0.05, 0) is 38.0 Å². The molecule has 0 spiro atoms. The summed E-state index contributed by atoms with van der Waals surface area (Å²) < 4.78 is 27.4. The molecular formula is C16H27NO4S. The third-order valence-electron chi connectivity index (χ3n) is 3.00. The molecule has 0 unspecified atom stereocenters. The zero-order valence-electron chi connectivity index (χ0n) is 13.0. The molecule has 1 aromatic rings. The molecule has 1 aromatic carbocycles. The molecule has 6 heteroatoms. The summed E-state index contributed by atoms with van der Waals surface area (Å²) in [4.78, 5) is 12.2. The van der Waals surface area contributed by atoms with Gasteiger partial charge in [0.2, 0.25) is 0 Å². The van der Waals surface area contributed by atoms with Crippen molar-refractivity contribution in [1.82, 2.24) is 5.32 Å². The Kier molecular flexibility index (Phi) is 7.76. The zero-order valence-corrected chi connectivity index (χ0v) is 13.8. The molecule has 0 aliphatic carbocycles. The van der Waals surface area contributed by atoms with E-state index in [9.17, 15) is 13.2 Å². The van der Waals surface area contributed by atoms with E-state index in [0.717, 1.165) is 20.0 Å². The molecule has 0 aliphatic heterocycles. The van der Waals surface area contributed by atoms with E-state index in [-0.39, 0.29) is 19.1 Å². The normalized spacial score (nSPS) is 11.6. The summed E-state index contributed by atoms with van der Waals surface area (Å²) in [5, 5.41) is 2.72. The molecule has 0 fully saturated rings. The van der Waals surface area contributed by atoms with Crippen LogP contribution >= 0.6 is 0 Å². The van der Waals surface area contributed by atoms with Crippen molar-refractivity contribution >= 4 is 16.0 Å². The van der Waals surface area contributed by atoms with E-state index in [1.165, 1.54) is 5.56 Å². The van der Waals surface area contributed by atoms with Crippen LogP contribution in [0.15, 0.2) is 24.3 Å². The number of carbonyl (C=O) groups excluding carboxylic acids is 1. The molecule has 0 radical (unpaired) electrons. The summed E-state index contributed by atoms with van der Waals surface area (Å²) in [5.41, 5.74) is 0.779. The Morgan fingerprint density at radius 3 is 2.23 bits per heavy atom. The third kappa shape index (κ3) is 6.58. The molecule has 1 N–H and O–H groups in total. The number of hydrogen-bond donors (Lipinski definition) is 1. The van der Waals surface area contributed by atoms with Crippen LogP contribution in [-0.2, 0) is 20.7 Å². The second-order valence-corrected chi connectivity index (χ2v) is 7.39. The summed E-state index contributed by atoms with van der Waals surface area (Å²) >= 11 is 0. The summed E-state index contributed by atoms with van der Waals surface area (Å²) in [7, 11) is -2.52. The molecule has 0 saturated heterocycles. The smallest absolute Gasteiger partial charge is 0.269 e. The maximum atomic E-state index is 12.2. The predicted octanol–water partition coefficient (Wildman–Crippen LogP) is 2.76. The maximum absolute atomic E-state index is 12.2. The van der Waals surface area contributed by atoms with Crippen LogP contribution in [0.5, 0.6) is 0 Å². The molecule has 22 heavy (non-hydrogen) atoms. The van der Waals surface area contributed by atoms with Gasteiger partial charge >= 0.3 is 0 Å². The van der Waals surface area contributed by atoms with Crippen LogP contribution in [0.4, 0.5) is 0 Å². The SMILES string of the molecule is C.CCCc1ccc(C(=O)NC(C)(C)CS(=O)(=O)OC)cc1. The number of rotatable bonds is 7. The summed E-state index contributed by atoms with van der Waals surface area (Å²) in [6.07, 6.45) is 2.02. The zero-order chi connectivity index (χ0) is 16.1. The topological polar surface area (TPSA) is 72.5 Å². The lowest BCUT2D eigenvalue weighted by molar-refractivity contribution is 0.0920. The Bertz CT molecular complexity index is 577. The maximum Gasteiger partial charge on any atom is 0.269 e. The van der Waals surface area contributed by atoms with Crippen molar-refractivity contribution in [1.29, 1.82) is 0 Å². The highest BCUT2D eigenvalue weighted by atomic mass is 32.2. The van der Waals surface area contributed by atoms with Gasteiger partial charge in [-0.15, -0.1) is 0 Å². The second-order valence-electron chi connectivity index (χ2n) is 5.65. The number of benzene rings is 1. The number of carbonyl (C=O) groups is 1. The van der Waals surface area contributed by atoms with Crippen LogP contribution in [0.3, 0.4) is 0 Å². The average Bonchev–Trinajstić information content (AvgIpc) is 2.38. The number of amides is 1. The first-order chi connectivity index (χ1) is 9.69. The molecule has 126 valence electrons.